The second-order valence-electron chi connectivity index (χ2n) is 5.88. The Morgan fingerprint density at radius 1 is 1.17 bits per heavy atom. The predicted molar refractivity (Wildman–Crippen MR) is 84.7 cm³/mol. The van der Waals surface area contributed by atoms with E-state index in [0.717, 1.165) is 24.8 Å². The minimum absolute atomic E-state index is 0.352. The molecule has 3 aromatic rings. The van der Waals surface area contributed by atoms with Crippen LogP contribution < -0.4 is 5.73 Å². The van der Waals surface area contributed by atoms with E-state index in [-0.39, 0.29) is 0 Å². The Hall–Kier alpha value is -2.18. The van der Waals surface area contributed by atoms with E-state index >= 15 is 0 Å². The van der Waals surface area contributed by atoms with Crippen LogP contribution in [0.2, 0.25) is 5.02 Å². The number of nitrogens with two attached hydrogens (primary N) is 1. The number of aryl methyl sites for hydroxylation is 1. The number of rotatable bonds is 3. The van der Waals surface area contributed by atoms with Crippen molar-refractivity contribution in [2.45, 2.75) is 31.7 Å². The van der Waals surface area contributed by atoms with Crippen LogP contribution >= 0.6 is 11.6 Å². The van der Waals surface area contributed by atoms with E-state index in [1.165, 1.54) is 0 Å². The van der Waals surface area contributed by atoms with Gasteiger partial charge in [-0.15, -0.1) is 0 Å². The molecule has 0 atom stereocenters. The molecule has 0 amide bonds. The van der Waals surface area contributed by atoms with Crippen LogP contribution in [0.4, 0.5) is 0 Å². The fourth-order valence-electron chi connectivity index (χ4n) is 2.77. The highest BCUT2D eigenvalue weighted by molar-refractivity contribution is 6.33. The van der Waals surface area contributed by atoms with E-state index in [9.17, 15) is 0 Å². The summed E-state index contributed by atoms with van der Waals surface area (Å²) in [5.74, 6) is 1.48. The normalized spacial score (nSPS) is 16.3. The summed E-state index contributed by atoms with van der Waals surface area (Å²) in [4.78, 5) is 4.48. The summed E-state index contributed by atoms with van der Waals surface area (Å²) >= 11 is 6.27. The average molecular weight is 331 g/mol. The van der Waals surface area contributed by atoms with Crippen molar-refractivity contribution in [1.82, 2.24) is 15.3 Å². The van der Waals surface area contributed by atoms with Gasteiger partial charge in [-0.25, -0.2) is 0 Å². The van der Waals surface area contributed by atoms with E-state index in [1.807, 2.05) is 18.2 Å². The Morgan fingerprint density at radius 3 is 2.65 bits per heavy atom. The van der Waals surface area contributed by atoms with Crippen LogP contribution in [-0.4, -0.2) is 15.3 Å². The molecule has 2 heterocycles. The molecule has 2 N–H and O–H groups in total. The van der Waals surface area contributed by atoms with Crippen LogP contribution in [0.1, 0.15) is 30.8 Å². The predicted octanol–water partition coefficient (Wildman–Crippen LogP) is 3.69. The molecule has 7 heteroatoms. The van der Waals surface area contributed by atoms with Gasteiger partial charge in [0.2, 0.25) is 0 Å². The summed E-state index contributed by atoms with van der Waals surface area (Å²) in [7, 11) is 0. The van der Waals surface area contributed by atoms with Crippen molar-refractivity contribution in [2.75, 3.05) is 0 Å². The molecule has 0 unspecified atom stereocenters. The SMILES string of the molecule is Cc1onc(-c2ccccc2Cl)c1-c1nc(C2(N)CCC2)no1. The average Bonchev–Trinajstić information content (AvgIpc) is 3.12. The standard InChI is InChI=1S/C16H15ClN4O2/c1-9-12(13(20-22-9)10-5-2-3-6-11(10)17)14-19-15(21-23-14)16(18)7-4-8-16/h2-3,5-6H,4,7-8,18H2,1H3. The molecule has 2 aromatic heterocycles. The van der Waals surface area contributed by atoms with Gasteiger partial charge in [0.05, 0.1) is 10.6 Å². The van der Waals surface area contributed by atoms with Crippen molar-refractivity contribution < 1.29 is 9.05 Å². The summed E-state index contributed by atoms with van der Waals surface area (Å²) < 4.78 is 10.8. The fourth-order valence-corrected chi connectivity index (χ4v) is 2.99. The smallest absolute Gasteiger partial charge is 0.263 e. The first-order chi connectivity index (χ1) is 11.1. The Balaban J connectivity index is 1.81. The van der Waals surface area contributed by atoms with E-state index in [4.69, 9.17) is 26.4 Å². The van der Waals surface area contributed by atoms with Crippen molar-refractivity contribution >= 4 is 11.6 Å². The maximum absolute atomic E-state index is 6.27. The van der Waals surface area contributed by atoms with Gasteiger partial charge in [-0.1, -0.05) is 40.1 Å². The molecule has 1 aliphatic carbocycles. The molecule has 0 bridgehead atoms. The van der Waals surface area contributed by atoms with Crippen molar-refractivity contribution in [2.24, 2.45) is 5.73 Å². The third-order valence-corrected chi connectivity index (χ3v) is 4.65. The summed E-state index contributed by atoms with van der Waals surface area (Å²) in [6.07, 6.45) is 2.81. The third kappa shape index (κ3) is 2.26. The topological polar surface area (TPSA) is 91.0 Å². The monoisotopic (exact) mass is 330 g/mol. The second-order valence-corrected chi connectivity index (χ2v) is 6.28. The summed E-state index contributed by atoms with van der Waals surface area (Å²) in [5, 5.41) is 8.74. The fraction of sp³-hybridized carbons (Fsp3) is 0.312. The van der Waals surface area contributed by atoms with Crippen molar-refractivity contribution in [3.8, 4) is 22.7 Å². The molecule has 1 aliphatic rings. The molecule has 23 heavy (non-hydrogen) atoms. The number of hydrogen-bond donors (Lipinski definition) is 1. The number of aromatic nitrogens is 3. The van der Waals surface area contributed by atoms with Crippen LogP contribution in [0.5, 0.6) is 0 Å². The van der Waals surface area contributed by atoms with Gasteiger partial charge in [0.1, 0.15) is 17.0 Å². The van der Waals surface area contributed by atoms with Gasteiger partial charge in [-0.3, -0.25) is 0 Å². The Morgan fingerprint density at radius 2 is 1.96 bits per heavy atom. The zero-order valence-corrected chi connectivity index (χ0v) is 13.3. The molecule has 6 nitrogen and oxygen atoms in total. The zero-order chi connectivity index (χ0) is 16.0. The van der Waals surface area contributed by atoms with Crippen LogP contribution in [0.25, 0.3) is 22.7 Å². The Bertz CT molecular complexity index is 867. The lowest BCUT2D eigenvalue weighted by molar-refractivity contribution is 0.229. The lowest BCUT2D eigenvalue weighted by Crippen LogP contribution is -2.44. The molecule has 1 saturated carbocycles. The molecule has 118 valence electrons. The van der Waals surface area contributed by atoms with Crippen molar-refractivity contribution in [3.63, 3.8) is 0 Å². The Kier molecular flexibility index (Phi) is 3.25. The van der Waals surface area contributed by atoms with Crippen LogP contribution in [0, 0.1) is 6.92 Å². The number of halogens is 1. The van der Waals surface area contributed by atoms with E-state index in [0.29, 0.717) is 33.8 Å². The van der Waals surface area contributed by atoms with Crippen LogP contribution in [0.15, 0.2) is 33.3 Å². The largest absolute Gasteiger partial charge is 0.360 e. The van der Waals surface area contributed by atoms with Gasteiger partial charge in [-0.2, -0.15) is 4.98 Å². The third-order valence-electron chi connectivity index (χ3n) is 4.32. The molecule has 4 rings (SSSR count). The maximum atomic E-state index is 6.27. The minimum Gasteiger partial charge on any atom is -0.360 e. The molecule has 1 aromatic carbocycles. The molecule has 0 saturated heterocycles. The lowest BCUT2D eigenvalue weighted by atomic mass is 9.77. The Labute approximate surface area is 137 Å². The van der Waals surface area contributed by atoms with Gasteiger partial charge < -0.3 is 14.8 Å². The quantitative estimate of drug-likeness (QED) is 0.787. The first kappa shape index (κ1) is 14.4. The lowest BCUT2D eigenvalue weighted by Gasteiger charge is -2.34. The van der Waals surface area contributed by atoms with E-state index in [2.05, 4.69) is 15.3 Å². The van der Waals surface area contributed by atoms with E-state index in [1.54, 1.807) is 13.0 Å². The van der Waals surface area contributed by atoms with Crippen LogP contribution in [0.3, 0.4) is 0 Å². The van der Waals surface area contributed by atoms with Gasteiger partial charge >= 0.3 is 0 Å². The van der Waals surface area contributed by atoms with Gasteiger partial charge in [0.15, 0.2) is 5.82 Å². The number of hydrogen-bond acceptors (Lipinski definition) is 6. The van der Waals surface area contributed by atoms with Crippen molar-refractivity contribution in [3.05, 3.63) is 40.9 Å². The molecule has 0 radical (unpaired) electrons. The maximum Gasteiger partial charge on any atom is 0.263 e. The number of benzene rings is 1. The molecule has 0 aliphatic heterocycles. The molecular formula is C16H15ClN4O2. The molecular weight excluding hydrogens is 316 g/mol. The highest BCUT2D eigenvalue weighted by atomic mass is 35.5. The van der Waals surface area contributed by atoms with E-state index < -0.39 is 5.54 Å². The van der Waals surface area contributed by atoms with Gasteiger partial charge in [-0.05, 0) is 32.3 Å². The zero-order valence-electron chi connectivity index (χ0n) is 12.5. The summed E-state index contributed by atoms with van der Waals surface area (Å²) in [6.45, 7) is 1.80. The van der Waals surface area contributed by atoms with Crippen LogP contribution in [-0.2, 0) is 5.54 Å². The minimum atomic E-state index is -0.475. The molecule has 0 spiro atoms. The first-order valence-corrected chi connectivity index (χ1v) is 7.81. The molecule has 1 fully saturated rings. The summed E-state index contributed by atoms with van der Waals surface area (Å²) in [6, 6.07) is 7.42. The van der Waals surface area contributed by atoms with Crippen molar-refractivity contribution in [1.29, 1.82) is 0 Å². The number of nitrogens with zero attached hydrogens (tertiary/aromatic N) is 3. The first-order valence-electron chi connectivity index (χ1n) is 7.43. The highest BCUT2D eigenvalue weighted by Gasteiger charge is 2.39. The second kappa shape index (κ2) is 5.18. The van der Waals surface area contributed by atoms with Gasteiger partial charge in [0.25, 0.3) is 5.89 Å². The summed E-state index contributed by atoms with van der Waals surface area (Å²) in [5.41, 5.74) is 7.78. The highest BCUT2D eigenvalue weighted by Crippen LogP contribution is 2.40. The van der Waals surface area contributed by atoms with Gasteiger partial charge in [0, 0.05) is 5.56 Å².